The molecule has 3 unspecified atom stereocenters. The molecule has 0 aromatic carbocycles. The Bertz CT molecular complexity index is 253. The maximum atomic E-state index is 13.8. The summed E-state index contributed by atoms with van der Waals surface area (Å²) in [5.41, 5.74) is 0.409. The predicted molar refractivity (Wildman–Crippen MR) is 64.2 cm³/mol. The van der Waals surface area contributed by atoms with E-state index in [1.54, 1.807) is 0 Å². The molecule has 0 spiro atoms. The van der Waals surface area contributed by atoms with Crippen LogP contribution < -0.4 is 0 Å². The van der Waals surface area contributed by atoms with E-state index in [9.17, 15) is 4.39 Å². The molecule has 2 fully saturated rings. The first-order valence-corrected chi connectivity index (χ1v) is 6.79. The first-order valence-electron chi connectivity index (χ1n) is 6.79. The van der Waals surface area contributed by atoms with Crippen molar-refractivity contribution in [3.63, 3.8) is 0 Å². The summed E-state index contributed by atoms with van der Waals surface area (Å²) in [6, 6.07) is 0. The second-order valence-corrected chi connectivity index (χ2v) is 6.13. The van der Waals surface area contributed by atoms with Gasteiger partial charge in [-0.1, -0.05) is 13.3 Å². The van der Waals surface area contributed by atoms with Crippen molar-refractivity contribution in [3.05, 3.63) is 0 Å². The maximum absolute atomic E-state index is 13.8. The molecule has 0 bridgehead atoms. The molecular formula is C14H25FO. The fourth-order valence-electron chi connectivity index (χ4n) is 4.16. The number of alkyl halides is 1. The van der Waals surface area contributed by atoms with Crippen LogP contribution in [0.1, 0.15) is 59.3 Å². The van der Waals surface area contributed by atoms with E-state index in [0.29, 0.717) is 0 Å². The molecule has 2 saturated carbocycles. The monoisotopic (exact) mass is 228 g/mol. The molecule has 0 radical (unpaired) electrons. The minimum atomic E-state index is -0.587. The highest BCUT2D eigenvalue weighted by atomic mass is 19.1. The smallest absolute Gasteiger partial charge is 0.101 e. The molecule has 2 aliphatic rings. The Balaban J connectivity index is 2.15. The van der Waals surface area contributed by atoms with E-state index in [1.807, 2.05) is 0 Å². The van der Waals surface area contributed by atoms with Crippen LogP contribution in [-0.4, -0.2) is 18.9 Å². The second-order valence-electron chi connectivity index (χ2n) is 6.13. The number of ether oxygens (including phenoxy) is 1. The van der Waals surface area contributed by atoms with Gasteiger partial charge in [-0.15, -0.1) is 0 Å². The molecule has 2 heteroatoms. The zero-order valence-electron chi connectivity index (χ0n) is 10.9. The average Bonchev–Trinajstić information content (AvgIpc) is 2.66. The van der Waals surface area contributed by atoms with E-state index in [2.05, 4.69) is 20.8 Å². The van der Waals surface area contributed by atoms with Crippen molar-refractivity contribution < 1.29 is 9.13 Å². The van der Waals surface area contributed by atoms with Gasteiger partial charge in [0.15, 0.2) is 0 Å². The zero-order valence-corrected chi connectivity index (χ0v) is 10.9. The van der Waals surface area contributed by atoms with Gasteiger partial charge >= 0.3 is 0 Å². The normalized spacial score (nSPS) is 42.9. The topological polar surface area (TPSA) is 9.23 Å². The first kappa shape index (κ1) is 12.3. The van der Waals surface area contributed by atoms with E-state index in [0.717, 1.165) is 25.9 Å². The van der Waals surface area contributed by atoms with Crippen LogP contribution in [0.3, 0.4) is 0 Å². The van der Waals surface area contributed by atoms with Crippen molar-refractivity contribution in [2.45, 2.75) is 71.6 Å². The molecule has 94 valence electrons. The van der Waals surface area contributed by atoms with Gasteiger partial charge in [-0.25, -0.2) is 4.39 Å². The van der Waals surface area contributed by atoms with Crippen LogP contribution in [0.4, 0.5) is 4.39 Å². The molecule has 0 heterocycles. The Morgan fingerprint density at radius 3 is 2.50 bits per heavy atom. The lowest BCUT2D eigenvalue weighted by molar-refractivity contribution is -0.0364. The molecule has 16 heavy (non-hydrogen) atoms. The van der Waals surface area contributed by atoms with Crippen molar-refractivity contribution >= 4 is 0 Å². The van der Waals surface area contributed by atoms with E-state index < -0.39 is 6.17 Å². The highest BCUT2D eigenvalue weighted by Gasteiger charge is 2.59. The summed E-state index contributed by atoms with van der Waals surface area (Å²) in [5.74, 6) is 0. The fraction of sp³-hybridized carbons (Fsp3) is 1.00. The van der Waals surface area contributed by atoms with E-state index >= 15 is 0 Å². The number of rotatable bonds is 4. The molecule has 2 rings (SSSR count). The minimum Gasteiger partial charge on any atom is -0.378 e. The van der Waals surface area contributed by atoms with E-state index in [-0.39, 0.29) is 16.9 Å². The SMILES string of the molecule is CCC12CCCC1(COC(C)C)CC(F)C2. The van der Waals surface area contributed by atoms with E-state index in [4.69, 9.17) is 4.74 Å². The average molecular weight is 228 g/mol. The third kappa shape index (κ3) is 1.79. The van der Waals surface area contributed by atoms with Crippen molar-refractivity contribution in [3.8, 4) is 0 Å². The van der Waals surface area contributed by atoms with Crippen LogP contribution in [0, 0.1) is 10.8 Å². The van der Waals surface area contributed by atoms with Gasteiger partial charge in [0.1, 0.15) is 6.17 Å². The number of fused-ring (bicyclic) bond motifs is 1. The van der Waals surface area contributed by atoms with E-state index in [1.165, 1.54) is 19.3 Å². The molecular weight excluding hydrogens is 203 g/mol. The number of hydrogen-bond acceptors (Lipinski definition) is 1. The Hall–Kier alpha value is -0.110. The molecule has 0 aromatic heterocycles. The van der Waals surface area contributed by atoms with Gasteiger partial charge in [0.2, 0.25) is 0 Å². The second kappa shape index (κ2) is 4.29. The largest absolute Gasteiger partial charge is 0.378 e. The van der Waals surface area contributed by atoms with Crippen molar-refractivity contribution in [1.82, 2.24) is 0 Å². The zero-order chi connectivity index (χ0) is 11.8. The van der Waals surface area contributed by atoms with Gasteiger partial charge < -0.3 is 4.74 Å². The van der Waals surface area contributed by atoms with Crippen LogP contribution in [-0.2, 0) is 4.74 Å². The number of halogens is 1. The lowest BCUT2D eigenvalue weighted by atomic mass is 9.67. The molecule has 1 nitrogen and oxygen atoms in total. The lowest BCUT2D eigenvalue weighted by Gasteiger charge is -2.40. The van der Waals surface area contributed by atoms with Crippen molar-refractivity contribution in [2.75, 3.05) is 6.61 Å². The van der Waals surface area contributed by atoms with Gasteiger partial charge in [-0.3, -0.25) is 0 Å². The standard InChI is InChI=1S/C14H25FO/c1-4-13-6-5-7-14(13,9-12(15)8-13)10-16-11(2)3/h11-12H,4-10H2,1-3H3. The maximum Gasteiger partial charge on any atom is 0.101 e. The van der Waals surface area contributed by atoms with Gasteiger partial charge in [0.25, 0.3) is 0 Å². The Kier molecular flexibility index (Phi) is 3.31. The summed E-state index contributed by atoms with van der Waals surface area (Å²) in [6.45, 7) is 7.15. The summed E-state index contributed by atoms with van der Waals surface area (Å²) in [5, 5.41) is 0. The molecule has 0 N–H and O–H groups in total. The van der Waals surface area contributed by atoms with Crippen molar-refractivity contribution in [2.24, 2.45) is 10.8 Å². The fourth-order valence-corrected chi connectivity index (χ4v) is 4.16. The third-order valence-corrected chi connectivity index (χ3v) is 5.03. The van der Waals surface area contributed by atoms with Crippen LogP contribution in [0.15, 0.2) is 0 Å². The number of hydrogen-bond donors (Lipinski definition) is 0. The highest BCUT2D eigenvalue weighted by molar-refractivity contribution is 5.09. The van der Waals surface area contributed by atoms with Gasteiger partial charge in [0.05, 0.1) is 12.7 Å². The Labute approximate surface area is 98.8 Å². The first-order chi connectivity index (χ1) is 7.54. The minimum absolute atomic E-state index is 0.158. The van der Waals surface area contributed by atoms with Gasteiger partial charge in [0, 0.05) is 5.41 Å². The summed E-state index contributed by atoms with van der Waals surface area (Å²) in [7, 11) is 0. The van der Waals surface area contributed by atoms with Crippen LogP contribution >= 0.6 is 0 Å². The third-order valence-electron chi connectivity index (χ3n) is 5.03. The lowest BCUT2D eigenvalue weighted by Crippen LogP contribution is -2.37. The van der Waals surface area contributed by atoms with Crippen LogP contribution in [0.2, 0.25) is 0 Å². The Morgan fingerprint density at radius 1 is 1.25 bits per heavy atom. The predicted octanol–water partition coefficient (Wildman–Crippen LogP) is 4.11. The van der Waals surface area contributed by atoms with Gasteiger partial charge in [-0.2, -0.15) is 0 Å². The molecule has 3 atom stereocenters. The van der Waals surface area contributed by atoms with Gasteiger partial charge in [-0.05, 0) is 51.4 Å². The summed E-state index contributed by atoms with van der Waals surface area (Å²) in [6.07, 6.45) is 5.98. The summed E-state index contributed by atoms with van der Waals surface area (Å²) in [4.78, 5) is 0. The van der Waals surface area contributed by atoms with Crippen LogP contribution in [0.5, 0.6) is 0 Å². The molecule has 0 saturated heterocycles. The Morgan fingerprint density at radius 2 is 1.88 bits per heavy atom. The quantitative estimate of drug-likeness (QED) is 0.703. The molecule has 0 amide bonds. The van der Waals surface area contributed by atoms with Crippen LogP contribution in [0.25, 0.3) is 0 Å². The van der Waals surface area contributed by atoms with Crippen molar-refractivity contribution in [1.29, 1.82) is 0 Å². The molecule has 2 aliphatic carbocycles. The highest BCUT2D eigenvalue weighted by Crippen LogP contribution is 2.65. The molecule has 0 aliphatic heterocycles. The summed E-state index contributed by atoms with van der Waals surface area (Å²) >= 11 is 0. The molecule has 0 aromatic rings. The summed E-state index contributed by atoms with van der Waals surface area (Å²) < 4.78 is 19.6.